The molecule has 2 fully saturated rings. The van der Waals surface area contributed by atoms with E-state index in [0.717, 1.165) is 36.7 Å². The average molecular weight is 431 g/mol. The molecule has 2 aliphatic carbocycles. The van der Waals surface area contributed by atoms with E-state index in [2.05, 4.69) is 68.1 Å². The molecule has 0 bridgehead atoms. The number of allylic oxidation sites excluding steroid dienone is 1. The Morgan fingerprint density at radius 1 is 0.781 bits per heavy atom. The molecule has 0 N–H and O–H groups in total. The van der Waals surface area contributed by atoms with Gasteiger partial charge in [-0.25, -0.2) is 0 Å². The van der Waals surface area contributed by atoms with Crippen LogP contribution in [0.15, 0.2) is 61.2 Å². The molecule has 1 heteroatoms. The van der Waals surface area contributed by atoms with Crippen LogP contribution in [0.2, 0.25) is 0 Å². The quantitative estimate of drug-likeness (QED) is 0.285. The molecule has 2 saturated carbocycles. The molecule has 32 heavy (non-hydrogen) atoms. The third kappa shape index (κ3) is 6.13. The van der Waals surface area contributed by atoms with Crippen LogP contribution in [0, 0.1) is 17.8 Å². The van der Waals surface area contributed by atoms with E-state index in [4.69, 9.17) is 4.74 Å². The summed E-state index contributed by atoms with van der Waals surface area (Å²) in [5, 5.41) is 0. The summed E-state index contributed by atoms with van der Waals surface area (Å²) in [6.07, 6.45) is 15.9. The highest BCUT2D eigenvalue weighted by molar-refractivity contribution is 5.64. The summed E-state index contributed by atoms with van der Waals surface area (Å²) < 4.78 is 5.65. The Hall–Kier alpha value is -1.86. The molecule has 2 aromatic carbocycles. The monoisotopic (exact) mass is 430 g/mol. The van der Waals surface area contributed by atoms with E-state index in [1.807, 2.05) is 0 Å². The van der Waals surface area contributed by atoms with Crippen LogP contribution in [0.4, 0.5) is 0 Å². The van der Waals surface area contributed by atoms with Crippen molar-refractivity contribution in [3.63, 3.8) is 0 Å². The summed E-state index contributed by atoms with van der Waals surface area (Å²) in [6, 6.07) is 18.3. The van der Waals surface area contributed by atoms with Gasteiger partial charge in [0.1, 0.15) is 0 Å². The van der Waals surface area contributed by atoms with Gasteiger partial charge in [-0.1, -0.05) is 61.5 Å². The predicted molar refractivity (Wildman–Crippen MR) is 137 cm³/mol. The van der Waals surface area contributed by atoms with Crippen molar-refractivity contribution in [3.05, 3.63) is 72.3 Å². The van der Waals surface area contributed by atoms with Gasteiger partial charge in [-0.05, 0) is 110 Å². The highest BCUT2D eigenvalue weighted by atomic mass is 16.5. The molecule has 4 rings (SSSR count). The van der Waals surface area contributed by atoms with Crippen molar-refractivity contribution in [2.24, 2.45) is 17.8 Å². The first kappa shape index (κ1) is 23.3. The Labute approximate surface area is 196 Å². The number of benzene rings is 2. The van der Waals surface area contributed by atoms with E-state index in [9.17, 15) is 0 Å². The normalized spacial score (nSPS) is 26.0. The molecule has 0 amide bonds. The number of hydrogen-bond acceptors (Lipinski definition) is 1. The molecule has 0 aliphatic heterocycles. The minimum Gasteiger partial charge on any atom is -0.377 e. The van der Waals surface area contributed by atoms with Crippen molar-refractivity contribution < 1.29 is 4.74 Å². The Kier molecular flexibility index (Phi) is 8.62. The van der Waals surface area contributed by atoms with E-state index < -0.39 is 0 Å². The summed E-state index contributed by atoms with van der Waals surface area (Å²) in [6.45, 7) is 7.63. The van der Waals surface area contributed by atoms with E-state index in [1.165, 1.54) is 74.5 Å². The van der Waals surface area contributed by atoms with Gasteiger partial charge in [-0.3, -0.25) is 0 Å². The highest BCUT2D eigenvalue weighted by Gasteiger charge is 2.30. The fourth-order valence-corrected chi connectivity index (χ4v) is 6.13. The third-order valence-electron chi connectivity index (χ3n) is 8.12. The smallest absolute Gasteiger partial charge is 0.0716 e. The van der Waals surface area contributed by atoms with Gasteiger partial charge in [0, 0.05) is 6.61 Å². The van der Waals surface area contributed by atoms with Crippen molar-refractivity contribution in [2.75, 3.05) is 6.61 Å². The van der Waals surface area contributed by atoms with Gasteiger partial charge in [0.2, 0.25) is 0 Å². The minimum atomic E-state index is 0.714. The summed E-state index contributed by atoms with van der Waals surface area (Å²) in [5.74, 6) is 3.66. The van der Waals surface area contributed by atoms with Gasteiger partial charge < -0.3 is 4.74 Å². The molecule has 0 saturated heterocycles. The second-order valence-electron chi connectivity index (χ2n) is 10.3. The molecule has 172 valence electrons. The van der Waals surface area contributed by atoms with Crippen LogP contribution in [0.1, 0.15) is 88.2 Å². The zero-order chi connectivity index (χ0) is 22.2. The van der Waals surface area contributed by atoms with Crippen LogP contribution >= 0.6 is 0 Å². The lowest BCUT2D eigenvalue weighted by atomic mass is 9.68. The Morgan fingerprint density at radius 3 is 1.91 bits per heavy atom. The van der Waals surface area contributed by atoms with Gasteiger partial charge >= 0.3 is 0 Å². The van der Waals surface area contributed by atoms with E-state index in [-0.39, 0.29) is 0 Å². The standard InChI is InChI=1S/C31H42O/c1-3-5-24-6-10-26(11-7-24)28-14-18-30(19-15-28)31-20-16-29(17-21-31)27-12-8-25(9-13-27)23-32-22-4-2/h3,8-9,12-13,16-17,20-21,24,26,28,30H,1,4-7,10-11,14-15,18-19,22-23H2,2H3. The first-order valence-electron chi connectivity index (χ1n) is 13.1. The van der Waals surface area contributed by atoms with Crippen LogP contribution in [0.3, 0.4) is 0 Å². The molecule has 1 nitrogen and oxygen atoms in total. The second kappa shape index (κ2) is 11.8. The van der Waals surface area contributed by atoms with Crippen molar-refractivity contribution in [1.82, 2.24) is 0 Å². The first-order valence-corrected chi connectivity index (χ1v) is 13.1. The maximum absolute atomic E-state index is 5.65. The fourth-order valence-electron chi connectivity index (χ4n) is 6.13. The summed E-state index contributed by atoms with van der Waals surface area (Å²) in [5.41, 5.74) is 5.42. The van der Waals surface area contributed by atoms with Gasteiger partial charge in [-0.2, -0.15) is 0 Å². The van der Waals surface area contributed by atoms with Crippen molar-refractivity contribution in [2.45, 2.75) is 83.7 Å². The second-order valence-corrected chi connectivity index (χ2v) is 10.3. The van der Waals surface area contributed by atoms with Gasteiger partial charge in [-0.15, -0.1) is 6.58 Å². The van der Waals surface area contributed by atoms with E-state index in [1.54, 1.807) is 5.56 Å². The third-order valence-corrected chi connectivity index (χ3v) is 8.12. The lowest BCUT2D eigenvalue weighted by molar-refractivity contribution is 0.121. The number of rotatable bonds is 9. The van der Waals surface area contributed by atoms with E-state index in [0.29, 0.717) is 6.61 Å². The van der Waals surface area contributed by atoms with Gasteiger partial charge in [0.15, 0.2) is 0 Å². The van der Waals surface area contributed by atoms with Crippen LogP contribution in [-0.4, -0.2) is 6.61 Å². The van der Waals surface area contributed by atoms with Gasteiger partial charge in [0.05, 0.1) is 6.61 Å². The zero-order valence-electron chi connectivity index (χ0n) is 20.1. The summed E-state index contributed by atoms with van der Waals surface area (Å²) >= 11 is 0. The van der Waals surface area contributed by atoms with E-state index >= 15 is 0 Å². The minimum absolute atomic E-state index is 0.714. The zero-order valence-corrected chi connectivity index (χ0v) is 20.1. The molecule has 0 unspecified atom stereocenters. The van der Waals surface area contributed by atoms with Crippen molar-refractivity contribution >= 4 is 0 Å². The van der Waals surface area contributed by atoms with Crippen LogP contribution in [-0.2, 0) is 11.3 Å². The topological polar surface area (TPSA) is 9.23 Å². The first-order chi connectivity index (χ1) is 15.8. The molecule has 0 aromatic heterocycles. The fraction of sp³-hybridized carbons (Fsp3) is 0.548. The maximum Gasteiger partial charge on any atom is 0.0716 e. The lowest BCUT2D eigenvalue weighted by Gasteiger charge is -2.38. The summed E-state index contributed by atoms with van der Waals surface area (Å²) in [4.78, 5) is 0. The highest BCUT2D eigenvalue weighted by Crippen LogP contribution is 2.44. The predicted octanol–water partition coefficient (Wildman–Crippen LogP) is 8.94. The SMILES string of the molecule is C=CCC1CCC(C2CCC(c3ccc(-c4ccc(COCCC)cc4)cc3)CC2)CC1. The Bertz CT molecular complexity index is 803. The van der Waals surface area contributed by atoms with Crippen LogP contribution < -0.4 is 0 Å². The molecule has 0 heterocycles. The average Bonchev–Trinajstić information content (AvgIpc) is 2.86. The van der Waals surface area contributed by atoms with Gasteiger partial charge in [0.25, 0.3) is 0 Å². The largest absolute Gasteiger partial charge is 0.377 e. The van der Waals surface area contributed by atoms with Crippen molar-refractivity contribution in [1.29, 1.82) is 0 Å². The molecule has 2 aliphatic rings. The van der Waals surface area contributed by atoms with Crippen LogP contribution in [0.5, 0.6) is 0 Å². The summed E-state index contributed by atoms with van der Waals surface area (Å²) in [7, 11) is 0. The number of hydrogen-bond donors (Lipinski definition) is 0. The maximum atomic E-state index is 5.65. The van der Waals surface area contributed by atoms with Crippen molar-refractivity contribution in [3.8, 4) is 11.1 Å². The lowest BCUT2D eigenvalue weighted by Crippen LogP contribution is -2.25. The molecule has 0 radical (unpaired) electrons. The van der Waals surface area contributed by atoms with Crippen LogP contribution in [0.25, 0.3) is 11.1 Å². The molecular weight excluding hydrogens is 388 g/mol. The molecule has 2 aromatic rings. The molecule has 0 atom stereocenters. The number of ether oxygens (including phenoxy) is 1. The Balaban J connectivity index is 1.26. The Morgan fingerprint density at radius 2 is 1.34 bits per heavy atom. The molecule has 0 spiro atoms. The molecular formula is C31H42O.